The average Bonchev–Trinajstić information content (AvgIpc) is 3.13. The summed E-state index contributed by atoms with van der Waals surface area (Å²) in [5.74, 6) is -1.78. The fourth-order valence-electron chi connectivity index (χ4n) is 4.06. The van der Waals surface area contributed by atoms with Crippen molar-refractivity contribution in [3.8, 4) is 11.1 Å². The van der Waals surface area contributed by atoms with Crippen LogP contribution in [-0.4, -0.2) is 35.7 Å². The Morgan fingerprint density at radius 3 is 2.21 bits per heavy atom. The Kier molecular flexibility index (Phi) is 6.70. The first-order valence-corrected chi connectivity index (χ1v) is 11.5. The van der Waals surface area contributed by atoms with Crippen molar-refractivity contribution < 1.29 is 24.2 Å². The van der Waals surface area contributed by atoms with E-state index in [1.807, 2.05) is 36.4 Å². The second-order valence-electron chi connectivity index (χ2n) is 8.13. The van der Waals surface area contributed by atoms with Gasteiger partial charge in [-0.25, -0.2) is 4.79 Å². The van der Waals surface area contributed by atoms with Crippen molar-refractivity contribution in [3.05, 3.63) is 87.4 Å². The van der Waals surface area contributed by atoms with E-state index in [-0.39, 0.29) is 18.1 Å². The number of hydrogen-bond donors (Lipinski definition) is 3. The zero-order valence-corrected chi connectivity index (χ0v) is 20.2. The van der Waals surface area contributed by atoms with Gasteiger partial charge in [0.25, 0.3) is 5.91 Å². The third-order valence-corrected chi connectivity index (χ3v) is 6.51. The Morgan fingerprint density at radius 2 is 1.62 bits per heavy atom. The van der Waals surface area contributed by atoms with Gasteiger partial charge in [-0.05, 0) is 69.7 Å². The normalized spacial score (nSPS) is 12.9. The number of rotatable bonds is 6. The lowest BCUT2D eigenvalue weighted by atomic mass is 9.98. The molecule has 174 valence electrons. The van der Waals surface area contributed by atoms with Gasteiger partial charge in [-0.2, -0.15) is 0 Å². The van der Waals surface area contributed by atoms with Gasteiger partial charge in [0.2, 0.25) is 0 Å². The Balaban J connectivity index is 1.48. The number of carboxylic acids is 1. The summed E-state index contributed by atoms with van der Waals surface area (Å²) in [6.45, 7) is 3.32. The molecule has 0 spiro atoms. The minimum absolute atomic E-state index is 0.0667. The second kappa shape index (κ2) is 9.69. The number of amides is 2. The first kappa shape index (κ1) is 23.5. The summed E-state index contributed by atoms with van der Waals surface area (Å²) >= 11 is 3.33. The van der Waals surface area contributed by atoms with E-state index >= 15 is 0 Å². The van der Waals surface area contributed by atoms with Gasteiger partial charge in [-0.15, -0.1) is 0 Å². The Bertz CT molecular complexity index is 1240. The lowest BCUT2D eigenvalue weighted by Gasteiger charge is -2.16. The van der Waals surface area contributed by atoms with Crippen LogP contribution in [0.25, 0.3) is 11.1 Å². The van der Waals surface area contributed by atoms with E-state index in [2.05, 4.69) is 38.7 Å². The molecule has 1 aliphatic rings. The van der Waals surface area contributed by atoms with Crippen molar-refractivity contribution in [2.75, 3.05) is 11.9 Å². The van der Waals surface area contributed by atoms with Crippen LogP contribution in [0.15, 0.2) is 65.1 Å². The number of anilines is 1. The molecule has 0 bridgehead atoms. The molecule has 3 aromatic rings. The van der Waals surface area contributed by atoms with Crippen LogP contribution in [0.5, 0.6) is 0 Å². The van der Waals surface area contributed by atoms with E-state index in [1.54, 1.807) is 13.0 Å². The predicted molar refractivity (Wildman–Crippen MR) is 132 cm³/mol. The maximum atomic E-state index is 12.7. The van der Waals surface area contributed by atoms with Crippen LogP contribution in [0, 0.1) is 6.92 Å². The van der Waals surface area contributed by atoms with Gasteiger partial charge >= 0.3 is 12.1 Å². The van der Waals surface area contributed by atoms with Crippen LogP contribution in [0.1, 0.15) is 39.9 Å². The van der Waals surface area contributed by atoms with E-state index in [0.717, 1.165) is 22.3 Å². The monoisotopic (exact) mass is 522 g/mol. The molecule has 0 aliphatic heterocycles. The number of aliphatic carboxylic acids is 1. The quantitative estimate of drug-likeness (QED) is 0.406. The van der Waals surface area contributed by atoms with Crippen molar-refractivity contribution in [2.24, 2.45) is 0 Å². The largest absolute Gasteiger partial charge is 0.480 e. The molecule has 0 heterocycles. The van der Waals surface area contributed by atoms with E-state index in [1.165, 1.54) is 13.0 Å². The van der Waals surface area contributed by atoms with E-state index in [0.29, 0.717) is 15.7 Å². The van der Waals surface area contributed by atoms with E-state index in [9.17, 15) is 14.4 Å². The molecule has 8 heteroatoms. The molecule has 0 saturated heterocycles. The Hall–Kier alpha value is -3.65. The van der Waals surface area contributed by atoms with Gasteiger partial charge in [0.15, 0.2) is 0 Å². The van der Waals surface area contributed by atoms with Crippen molar-refractivity contribution in [1.29, 1.82) is 0 Å². The van der Waals surface area contributed by atoms with Gasteiger partial charge < -0.3 is 15.2 Å². The topological polar surface area (TPSA) is 105 Å². The van der Waals surface area contributed by atoms with Crippen LogP contribution in [-0.2, 0) is 9.53 Å². The summed E-state index contributed by atoms with van der Waals surface area (Å²) in [5.41, 5.74) is 5.82. The number of nitrogens with one attached hydrogen (secondary N) is 2. The number of halogens is 1. The van der Waals surface area contributed by atoms with Crippen molar-refractivity contribution in [1.82, 2.24) is 5.32 Å². The zero-order chi connectivity index (χ0) is 24.4. The number of carboxylic acid groups (broad SMARTS) is 1. The van der Waals surface area contributed by atoms with Gasteiger partial charge in [0.1, 0.15) is 12.6 Å². The van der Waals surface area contributed by atoms with Gasteiger partial charge in [-0.3, -0.25) is 14.9 Å². The highest BCUT2D eigenvalue weighted by Gasteiger charge is 2.29. The van der Waals surface area contributed by atoms with E-state index < -0.39 is 24.0 Å². The summed E-state index contributed by atoms with van der Waals surface area (Å²) in [5, 5.41) is 14.1. The summed E-state index contributed by atoms with van der Waals surface area (Å²) < 4.78 is 6.07. The lowest BCUT2D eigenvalue weighted by molar-refractivity contribution is -0.138. The molecule has 3 aromatic carbocycles. The van der Waals surface area contributed by atoms with Crippen LogP contribution in [0.2, 0.25) is 0 Å². The molecule has 1 unspecified atom stereocenters. The lowest BCUT2D eigenvalue weighted by Crippen LogP contribution is -2.38. The molecule has 3 N–H and O–H groups in total. The number of ether oxygens (including phenoxy) is 1. The molecular weight excluding hydrogens is 500 g/mol. The van der Waals surface area contributed by atoms with Gasteiger partial charge in [0, 0.05) is 16.1 Å². The van der Waals surface area contributed by atoms with Crippen LogP contribution in [0.3, 0.4) is 0 Å². The summed E-state index contributed by atoms with van der Waals surface area (Å²) in [6, 6.07) is 18.3. The predicted octanol–water partition coefficient (Wildman–Crippen LogP) is 5.32. The van der Waals surface area contributed by atoms with Crippen molar-refractivity contribution in [3.63, 3.8) is 0 Å². The Labute approximate surface area is 205 Å². The summed E-state index contributed by atoms with van der Waals surface area (Å²) in [7, 11) is 0. The third kappa shape index (κ3) is 4.68. The first-order chi connectivity index (χ1) is 16.3. The number of carbonyl (C=O) groups is 3. The SMILES string of the molecule is Cc1cc(Br)c(C(=O)NC(C)C(=O)O)cc1NC(=O)OCC1c2ccccc2-c2ccccc21. The Morgan fingerprint density at radius 1 is 1.03 bits per heavy atom. The average molecular weight is 523 g/mol. The molecule has 7 nitrogen and oxygen atoms in total. The van der Waals surface area contributed by atoms with Crippen LogP contribution < -0.4 is 10.6 Å². The van der Waals surface area contributed by atoms with Gasteiger partial charge in [0.05, 0.1) is 5.56 Å². The summed E-state index contributed by atoms with van der Waals surface area (Å²) in [4.78, 5) is 36.2. The molecule has 0 fully saturated rings. The highest BCUT2D eigenvalue weighted by atomic mass is 79.9. The second-order valence-corrected chi connectivity index (χ2v) is 8.99. The van der Waals surface area contributed by atoms with Crippen molar-refractivity contribution in [2.45, 2.75) is 25.8 Å². The van der Waals surface area contributed by atoms with Crippen molar-refractivity contribution >= 4 is 39.6 Å². The zero-order valence-electron chi connectivity index (χ0n) is 18.6. The number of fused-ring (bicyclic) bond motifs is 3. The van der Waals surface area contributed by atoms with Crippen LogP contribution >= 0.6 is 15.9 Å². The highest BCUT2D eigenvalue weighted by molar-refractivity contribution is 9.10. The standard InChI is InChI=1S/C26H23BrN2O5/c1-14-11-22(27)20(24(30)28-15(2)25(31)32)12-23(14)29-26(33)34-13-21-18-9-5-3-7-16(18)17-8-4-6-10-19(17)21/h3-12,15,21H,13H2,1-2H3,(H,28,30)(H,29,33)(H,31,32). The molecule has 4 rings (SSSR count). The fourth-order valence-corrected chi connectivity index (χ4v) is 4.70. The number of benzene rings is 3. The number of hydrogen-bond acceptors (Lipinski definition) is 4. The fraction of sp³-hybridized carbons (Fsp3) is 0.192. The van der Waals surface area contributed by atoms with Gasteiger partial charge in [-0.1, -0.05) is 48.5 Å². The molecule has 34 heavy (non-hydrogen) atoms. The number of aryl methyl sites for hydroxylation is 1. The molecule has 1 aliphatic carbocycles. The maximum Gasteiger partial charge on any atom is 0.411 e. The summed E-state index contributed by atoms with van der Waals surface area (Å²) in [6.07, 6.45) is -0.641. The molecule has 0 radical (unpaired) electrons. The number of carbonyl (C=O) groups excluding carboxylic acids is 2. The minimum Gasteiger partial charge on any atom is -0.480 e. The minimum atomic E-state index is -1.14. The molecule has 0 saturated carbocycles. The molecule has 2 amide bonds. The van der Waals surface area contributed by atoms with E-state index in [4.69, 9.17) is 9.84 Å². The highest BCUT2D eigenvalue weighted by Crippen LogP contribution is 2.44. The first-order valence-electron chi connectivity index (χ1n) is 10.7. The molecule has 1 atom stereocenters. The molecule has 0 aromatic heterocycles. The molecular formula is C26H23BrN2O5. The third-order valence-electron chi connectivity index (χ3n) is 5.86. The smallest absolute Gasteiger partial charge is 0.411 e. The maximum absolute atomic E-state index is 12.7. The van der Waals surface area contributed by atoms with Crippen LogP contribution in [0.4, 0.5) is 10.5 Å².